The van der Waals surface area contributed by atoms with Gasteiger partial charge in [0.1, 0.15) is 6.10 Å². The molecule has 0 radical (unpaired) electrons. The van der Waals surface area contributed by atoms with Gasteiger partial charge >= 0.3 is 5.97 Å². The van der Waals surface area contributed by atoms with Crippen molar-refractivity contribution < 1.29 is 19.0 Å². The van der Waals surface area contributed by atoms with Crippen LogP contribution in [0.2, 0.25) is 0 Å². The summed E-state index contributed by atoms with van der Waals surface area (Å²) in [5.74, 6) is 0.211. The van der Waals surface area contributed by atoms with Crippen LogP contribution in [0.15, 0.2) is 36.4 Å². The van der Waals surface area contributed by atoms with Crippen LogP contribution in [0.4, 0.5) is 0 Å². The Balaban J connectivity index is 1.46. The van der Waals surface area contributed by atoms with Crippen molar-refractivity contribution in [1.29, 1.82) is 0 Å². The van der Waals surface area contributed by atoms with Gasteiger partial charge in [0.25, 0.3) is 0 Å². The molecule has 1 aromatic carbocycles. The van der Waals surface area contributed by atoms with Gasteiger partial charge < -0.3 is 14.2 Å². The highest BCUT2D eigenvalue weighted by atomic mass is 16.5. The molecule has 6 nitrogen and oxygen atoms in total. The van der Waals surface area contributed by atoms with Gasteiger partial charge in [0.05, 0.1) is 19.8 Å². The van der Waals surface area contributed by atoms with Crippen molar-refractivity contribution >= 4 is 5.97 Å². The van der Waals surface area contributed by atoms with Crippen LogP contribution in [0.1, 0.15) is 35.8 Å². The lowest BCUT2D eigenvalue weighted by molar-refractivity contribution is 0.0518. The molecule has 1 aliphatic rings. The van der Waals surface area contributed by atoms with E-state index in [4.69, 9.17) is 14.2 Å². The molecule has 1 aliphatic heterocycles. The van der Waals surface area contributed by atoms with Crippen molar-refractivity contribution in [3.05, 3.63) is 47.7 Å². The second-order valence-electron chi connectivity index (χ2n) is 5.67. The predicted molar refractivity (Wildman–Crippen MR) is 87.9 cm³/mol. The SMILES string of the molecule is CCOC(=O)c1cc2n(n1)CCC(CCOCc1ccccc1)O2. The number of hydrogen-bond donors (Lipinski definition) is 0. The van der Waals surface area contributed by atoms with Gasteiger partial charge in [-0.1, -0.05) is 30.3 Å². The van der Waals surface area contributed by atoms with E-state index in [0.717, 1.165) is 19.4 Å². The average Bonchev–Trinajstić information content (AvgIpc) is 3.03. The fourth-order valence-electron chi connectivity index (χ4n) is 2.64. The number of aryl methyl sites for hydroxylation is 1. The third-order valence-electron chi connectivity index (χ3n) is 3.87. The van der Waals surface area contributed by atoms with Crippen molar-refractivity contribution in [3.63, 3.8) is 0 Å². The minimum Gasteiger partial charge on any atom is -0.474 e. The van der Waals surface area contributed by atoms with Crippen LogP contribution < -0.4 is 4.74 Å². The second kappa shape index (κ2) is 7.97. The Hall–Kier alpha value is -2.34. The van der Waals surface area contributed by atoms with Crippen LogP contribution in [0.5, 0.6) is 5.88 Å². The lowest BCUT2D eigenvalue weighted by Gasteiger charge is -2.24. The van der Waals surface area contributed by atoms with Crippen LogP contribution in [0.25, 0.3) is 0 Å². The molecule has 2 heterocycles. The molecule has 0 spiro atoms. The van der Waals surface area contributed by atoms with Crippen LogP contribution >= 0.6 is 0 Å². The molecule has 0 bridgehead atoms. The number of carbonyl (C=O) groups excluding carboxylic acids is 1. The average molecular weight is 330 g/mol. The fourth-order valence-corrected chi connectivity index (χ4v) is 2.64. The first-order valence-electron chi connectivity index (χ1n) is 8.29. The Kier molecular flexibility index (Phi) is 5.48. The number of fused-ring (bicyclic) bond motifs is 1. The molecule has 0 fully saturated rings. The summed E-state index contributed by atoms with van der Waals surface area (Å²) < 4.78 is 18.3. The zero-order valence-electron chi connectivity index (χ0n) is 13.8. The predicted octanol–water partition coefficient (Wildman–Crippen LogP) is 2.82. The summed E-state index contributed by atoms with van der Waals surface area (Å²) in [5.41, 5.74) is 1.46. The maximum atomic E-state index is 11.7. The summed E-state index contributed by atoms with van der Waals surface area (Å²) in [7, 11) is 0. The van der Waals surface area contributed by atoms with E-state index in [0.29, 0.717) is 31.4 Å². The van der Waals surface area contributed by atoms with Gasteiger partial charge in [-0.05, 0) is 12.5 Å². The van der Waals surface area contributed by atoms with E-state index < -0.39 is 5.97 Å². The third kappa shape index (κ3) is 4.14. The quantitative estimate of drug-likeness (QED) is 0.577. The van der Waals surface area contributed by atoms with Gasteiger partial charge in [0.15, 0.2) is 5.69 Å². The molecule has 6 heteroatoms. The normalized spacial score (nSPS) is 16.3. The molecule has 0 N–H and O–H groups in total. The maximum absolute atomic E-state index is 11.7. The zero-order valence-corrected chi connectivity index (χ0v) is 13.8. The Morgan fingerprint density at radius 2 is 2.21 bits per heavy atom. The van der Waals surface area contributed by atoms with E-state index in [9.17, 15) is 4.79 Å². The van der Waals surface area contributed by atoms with E-state index in [2.05, 4.69) is 5.10 Å². The van der Waals surface area contributed by atoms with Crippen molar-refractivity contribution in [2.24, 2.45) is 0 Å². The highest BCUT2D eigenvalue weighted by Crippen LogP contribution is 2.24. The van der Waals surface area contributed by atoms with Gasteiger partial charge in [-0.15, -0.1) is 0 Å². The molecule has 1 aromatic heterocycles. The largest absolute Gasteiger partial charge is 0.474 e. The number of esters is 1. The zero-order chi connectivity index (χ0) is 16.8. The van der Waals surface area contributed by atoms with Gasteiger partial charge in [0.2, 0.25) is 5.88 Å². The lowest BCUT2D eigenvalue weighted by atomic mass is 10.2. The molecule has 0 aliphatic carbocycles. The molecular formula is C18H22N2O4. The van der Waals surface area contributed by atoms with Crippen molar-refractivity contribution in [3.8, 4) is 5.88 Å². The summed E-state index contributed by atoms with van der Waals surface area (Å²) in [6.45, 7) is 4.09. The summed E-state index contributed by atoms with van der Waals surface area (Å²) in [4.78, 5) is 11.7. The summed E-state index contributed by atoms with van der Waals surface area (Å²) in [6.07, 6.45) is 1.75. The standard InChI is InChI=1S/C18H22N2O4/c1-2-23-18(21)16-12-17-20(19-16)10-8-15(24-17)9-11-22-13-14-6-4-3-5-7-14/h3-7,12,15H,2,8-11,13H2,1H3. The van der Waals surface area contributed by atoms with Crippen LogP contribution in [-0.4, -0.2) is 35.1 Å². The van der Waals surface area contributed by atoms with E-state index >= 15 is 0 Å². The number of rotatable bonds is 7. The Labute approximate surface area is 141 Å². The topological polar surface area (TPSA) is 62.6 Å². The Morgan fingerprint density at radius 1 is 1.38 bits per heavy atom. The van der Waals surface area contributed by atoms with Crippen LogP contribution in [0.3, 0.4) is 0 Å². The number of benzene rings is 1. The monoisotopic (exact) mass is 330 g/mol. The minimum absolute atomic E-state index is 0.0834. The van der Waals surface area contributed by atoms with E-state index in [1.165, 1.54) is 5.56 Å². The molecule has 0 saturated carbocycles. The summed E-state index contributed by atoms with van der Waals surface area (Å²) in [6, 6.07) is 11.7. The smallest absolute Gasteiger partial charge is 0.358 e. The highest BCUT2D eigenvalue weighted by Gasteiger charge is 2.23. The molecule has 24 heavy (non-hydrogen) atoms. The number of nitrogens with zero attached hydrogens (tertiary/aromatic N) is 2. The first kappa shape index (κ1) is 16.5. The fraction of sp³-hybridized carbons (Fsp3) is 0.444. The van der Waals surface area contributed by atoms with Crippen LogP contribution in [0, 0.1) is 0 Å². The molecule has 0 saturated heterocycles. The van der Waals surface area contributed by atoms with E-state index in [-0.39, 0.29) is 6.10 Å². The number of carbonyl (C=O) groups is 1. The molecule has 2 aromatic rings. The van der Waals surface area contributed by atoms with E-state index in [1.54, 1.807) is 17.7 Å². The highest BCUT2D eigenvalue weighted by molar-refractivity contribution is 5.87. The molecule has 128 valence electrons. The summed E-state index contributed by atoms with van der Waals surface area (Å²) >= 11 is 0. The van der Waals surface area contributed by atoms with Gasteiger partial charge in [-0.25, -0.2) is 9.48 Å². The number of ether oxygens (including phenoxy) is 3. The van der Waals surface area contributed by atoms with Gasteiger partial charge in [0, 0.05) is 25.5 Å². The molecule has 1 unspecified atom stereocenters. The van der Waals surface area contributed by atoms with E-state index in [1.807, 2.05) is 30.3 Å². The Bertz CT molecular complexity index is 669. The van der Waals surface area contributed by atoms with Crippen molar-refractivity contribution in [2.75, 3.05) is 13.2 Å². The number of aromatic nitrogens is 2. The molecular weight excluding hydrogens is 308 g/mol. The number of hydrogen-bond acceptors (Lipinski definition) is 5. The van der Waals surface area contributed by atoms with Crippen LogP contribution in [-0.2, 0) is 22.6 Å². The molecule has 1 atom stereocenters. The summed E-state index contributed by atoms with van der Waals surface area (Å²) in [5, 5.41) is 4.23. The van der Waals surface area contributed by atoms with Gasteiger partial charge in [-0.2, -0.15) is 5.10 Å². The molecule has 0 amide bonds. The first-order valence-corrected chi connectivity index (χ1v) is 8.29. The van der Waals surface area contributed by atoms with Gasteiger partial charge in [-0.3, -0.25) is 0 Å². The molecule has 3 rings (SSSR count). The van der Waals surface area contributed by atoms with Crippen molar-refractivity contribution in [2.45, 2.75) is 39.0 Å². The van der Waals surface area contributed by atoms with Crippen molar-refractivity contribution in [1.82, 2.24) is 9.78 Å². The lowest BCUT2D eigenvalue weighted by Crippen LogP contribution is -2.27. The minimum atomic E-state index is -0.411. The maximum Gasteiger partial charge on any atom is 0.358 e. The third-order valence-corrected chi connectivity index (χ3v) is 3.87. The second-order valence-corrected chi connectivity index (χ2v) is 5.67. The first-order chi connectivity index (χ1) is 11.8. The Morgan fingerprint density at radius 3 is 3.00 bits per heavy atom.